The molecule has 0 saturated heterocycles. The van der Waals surface area contributed by atoms with E-state index in [-0.39, 0.29) is 6.42 Å². The molecule has 7 heteroatoms. The van der Waals surface area contributed by atoms with Crippen molar-refractivity contribution < 1.29 is 23.9 Å². The predicted octanol–water partition coefficient (Wildman–Crippen LogP) is 1.69. The highest BCUT2D eigenvalue weighted by Gasteiger charge is 2.34. The summed E-state index contributed by atoms with van der Waals surface area (Å²) in [6.07, 6.45) is 2.42. The summed E-state index contributed by atoms with van der Waals surface area (Å²) < 4.78 is 9.51. The Labute approximate surface area is 145 Å². The molecule has 0 bridgehead atoms. The average Bonchev–Trinajstić information content (AvgIpc) is 3.10. The minimum Gasteiger partial charge on any atom is -0.467 e. The SMILES string of the molecule is COC(=O)c1[nH]ccc1-c1ccc(C[C@](C)(NC=O)C(=O)OC)cc1. The Hall–Kier alpha value is -3.09. The fraction of sp³-hybridized carbons (Fsp3) is 0.278. The van der Waals surface area contributed by atoms with Gasteiger partial charge in [-0.2, -0.15) is 0 Å². The minimum absolute atomic E-state index is 0.274. The predicted molar refractivity (Wildman–Crippen MR) is 90.9 cm³/mol. The Morgan fingerprint density at radius 3 is 2.40 bits per heavy atom. The van der Waals surface area contributed by atoms with Crippen molar-refractivity contribution in [2.45, 2.75) is 18.9 Å². The highest BCUT2D eigenvalue weighted by molar-refractivity contribution is 5.95. The Bertz CT molecular complexity index is 766. The number of ether oxygens (including phenoxy) is 2. The van der Waals surface area contributed by atoms with Gasteiger partial charge in [-0.3, -0.25) is 4.79 Å². The fourth-order valence-corrected chi connectivity index (χ4v) is 2.63. The van der Waals surface area contributed by atoms with Gasteiger partial charge >= 0.3 is 11.9 Å². The van der Waals surface area contributed by atoms with Crippen molar-refractivity contribution in [3.05, 3.63) is 47.8 Å². The first kappa shape index (κ1) is 18.3. The van der Waals surface area contributed by atoms with Crippen LogP contribution in [0.5, 0.6) is 0 Å². The van der Waals surface area contributed by atoms with Crippen LogP contribution < -0.4 is 5.32 Å². The van der Waals surface area contributed by atoms with E-state index in [0.717, 1.165) is 16.7 Å². The van der Waals surface area contributed by atoms with Crippen molar-refractivity contribution >= 4 is 18.3 Å². The number of rotatable bonds is 7. The quantitative estimate of drug-likeness (QED) is 0.588. The lowest BCUT2D eigenvalue weighted by Crippen LogP contribution is -2.51. The summed E-state index contributed by atoms with van der Waals surface area (Å²) in [7, 11) is 2.60. The lowest BCUT2D eigenvalue weighted by Gasteiger charge is -2.26. The Balaban J connectivity index is 2.25. The van der Waals surface area contributed by atoms with Crippen LogP contribution in [0.2, 0.25) is 0 Å². The molecule has 1 aromatic heterocycles. The number of hydrogen-bond acceptors (Lipinski definition) is 5. The van der Waals surface area contributed by atoms with E-state index in [2.05, 4.69) is 10.3 Å². The molecule has 1 heterocycles. The van der Waals surface area contributed by atoms with E-state index in [9.17, 15) is 14.4 Å². The third kappa shape index (κ3) is 3.88. The van der Waals surface area contributed by atoms with Crippen molar-refractivity contribution in [2.75, 3.05) is 14.2 Å². The lowest BCUT2D eigenvalue weighted by atomic mass is 9.92. The molecule has 0 aliphatic rings. The van der Waals surface area contributed by atoms with Gasteiger partial charge in [0.2, 0.25) is 6.41 Å². The average molecular weight is 344 g/mol. The van der Waals surface area contributed by atoms with Crippen molar-refractivity contribution in [3.8, 4) is 11.1 Å². The number of aromatic amines is 1. The monoisotopic (exact) mass is 344 g/mol. The number of methoxy groups -OCH3 is 2. The van der Waals surface area contributed by atoms with E-state index < -0.39 is 17.5 Å². The molecule has 0 radical (unpaired) electrons. The van der Waals surface area contributed by atoms with Crippen molar-refractivity contribution in [3.63, 3.8) is 0 Å². The van der Waals surface area contributed by atoms with E-state index in [1.807, 2.05) is 24.3 Å². The molecule has 0 spiro atoms. The number of aromatic nitrogens is 1. The van der Waals surface area contributed by atoms with E-state index in [4.69, 9.17) is 9.47 Å². The van der Waals surface area contributed by atoms with Crippen LogP contribution in [0.1, 0.15) is 23.0 Å². The first-order valence-electron chi connectivity index (χ1n) is 7.60. The second-order valence-corrected chi connectivity index (χ2v) is 5.72. The first-order valence-corrected chi connectivity index (χ1v) is 7.60. The van der Waals surface area contributed by atoms with Crippen molar-refractivity contribution in [2.24, 2.45) is 0 Å². The Kier molecular flexibility index (Phi) is 5.59. The molecule has 132 valence electrons. The maximum atomic E-state index is 11.9. The molecular formula is C18H20N2O5. The zero-order valence-electron chi connectivity index (χ0n) is 14.3. The zero-order valence-corrected chi connectivity index (χ0v) is 14.3. The molecule has 2 N–H and O–H groups in total. The summed E-state index contributed by atoms with van der Waals surface area (Å²) in [6.45, 7) is 1.60. The smallest absolute Gasteiger partial charge is 0.355 e. The van der Waals surface area contributed by atoms with Gasteiger partial charge in [0.05, 0.1) is 14.2 Å². The van der Waals surface area contributed by atoms with Crippen LogP contribution in [-0.4, -0.2) is 43.1 Å². The van der Waals surface area contributed by atoms with Gasteiger partial charge in [-0.05, 0) is 24.1 Å². The van der Waals surface area contributed by atoms with Gasteiger partial charge in [-0.1, -0.05) is 24.3 Å². The van der Waals surface area contributed by atoms with Crippen LogP contribution in [0.15, 0.2) is 36.5 Å². The van der Waals surface area contributed by atoms with Crippen LogP contribution in [0, 0.1) is 0 Å². The van der Waals surface area contributed by atoms with Crippen LogP contribution >= 0.6 is 0 Å². The largest absolute Gasteiger partial charge is 0.467 e. The molecule has 2 rings (SSSR count). The number of nitrogens with one attached hydrogen (secondary N) is 2. The molecule has 0 aliphatic carbocycles. The summed E-state index contributed by atoms with van der Waals surface area (Å²) in [5, 5.41) is 2.51. The van der Waals surface area contributed by atoms with Crippen molar-refractivity contribution in [1.82, 2.24) is 10.3 Å². The summed E-state index contributed by atoms with van der Waals surface area (Å²) >= 11 is 0. The molecule has 0 unspecified atom stereocenters. The van der Waals surface area contributed by atoms with Gasteiger partial charge in [0.1, 0.15) is 11.2 Å². The van der Waals surface area contributed by atoms with Crippen LogP contribution in [0.4, 0.5) is 0 Å². The Morgan fingerprint density at radius 1 is 1.16 bits per heavy atom. The molecule has 1 atom stereocenters. The highest BCUT2D eigenvalue weighted by Crippen LogP contribution is 2.25. The van der Waals surface area contributed by atoms with Gasteiger partial charge in [0, 0.05) is 18.2 Å². The Morgan fingerprint density at radius 2 is 1.84 bits per heavy atom. The molecular weight excluding hydrogens is 324 g/mol. The highest BCUT2D eigenvalue weighted by atomic mass is 16.5. The van der Waals surface area contributed by atoms with Gasteiger partial charge in [0.25, 0.3) is 0 Å². The summed E-state index contributed by atoms with van der Waals surface area (Å²) in [4.78, 5) is 37.4. The minimum atomic E-state index is -1.15. The summed E-state index contributed by atoms with van der Waals surface area (Å²) in [5.74, 6) is -0.972. The first-order chi connectivity index (χ1) is 11.9. The van der Waals surface area contributed by atoms with Crippen LogP contribution in [0.25, 0.3) is 11.1 Å². The second kappa shape index (κ2) is 7.65. The van der Waals surface area contributed by atoms with E-state index in [1.165, 1.54) is 14.2 Å². The number of benzene rings is 1. The van der Waals surface area contributed by atoms with Crippen LogP contribution in [-0.2, 0) is 25.5 Å². The van der Waals surface area contributed by atoms with E-state index in [1.54, 1.807) is 19.2 Å². The van der Waals surface area contributed by atoms with E-state index in [0.29, 0.717) is 12.1 Å². The molecule has 1 amide bonds. The normalized spacial score (nSPS) is 12.8. The van der Waals surface area contributed by atoms with Crippen LogP contribution in [0.3, 0.4) is 0 Å². The molecule has 0 aliphatic heterocycles. The lowest BCUT2D eigenvalue weighted by molar-refractivity contribution is -0.148. The standard InChI is InChI=1S/C18H20N2O5/c1-18(20-11-21,17(23)25-3)10-12-4-6-13(7-5-12)14-8-9-19-15(14)16(22)24-2/h4-9,11,19H,10H2,1-3H3,(H,20,21)/t18-/m0/s1. The third-order valence-corrected chi connectivity index (χ3v) is 3.97. The van der Waals surface area contributed by atoms with Crippen molar-refractivity contribution in [1.29, 1.82) is 0 Å². The molecule has 1 aromatic carbocycles. The number of amides is 1. The number of carbonyl (C=O) groups is 3. The zero-order chi connectivity index (χ0) is 18.4. The van der Waals surface area contributed by atoms with E-state index >= 15 is 0 Å². The molecule has 7 nitrogen and oxygen atoms in total. The number of carbonyl (C=O) groups excluding carboxylic acids is 3. The van der Waals surface area contributed by atoms with Gasteiger partial charge in [0.15, 0.2) is 0 Å². The van der Waals surface area contributed by atoms with Gasteiger partial charge < -0.3 is 19.8 Å². The second-order valence-electron chi connectivity index (χ2n) is 5.72. The molecule has 2 aromatic rings. The number of hydrogen-bond donors (Lipinski definition) is 2. The summed E-state index contributed by atoms with van der Waals surface area (Å²) in [6, 6.07) is 9.12. The fourth-order valence-electron chi connectivity index (χ4n) is 2.63. The maximum absolute atomic E-state index is 11.9. The molecule has 0 saturated carbocycles. The molecule has 0 fully saturated rings. The number of esters is 2. The summed E-state index contributed by atoms with van der Waals surface area (Å²) in [5.41, 5.74) is 1.61. The topological polar surface area (TPSA) is 97.5 Å². The third-order valence-electron chi connectivity index (χ3n) is 3.97. The molecule has 25 heavy (non-hydrogen) atoms. The maximum Gasteiger partial charge on any atom is 0.355 e. The van der Waals surface area contributed by atoms with Gasteiger partial charge in [-0.15, -0.1) is 0 Å². The van der Waals surface area contributed by atoms with Gasteiger partial charge in [-0.25, -0.2) is 9.59 Å². The number of H-pyrrole nitrogens is 1.